The van der Waals surface area contributed by atoms with Gasteiger partial charge < -0.3 is 5.32 Å². The lowest BCUT2D eigenvalue weighted by Gasteiger charge is -2.11. The van der Waals surface area contributed by atoms with Gasteiger partial charge in [0.05, 0.1) is 0 Å². The van der Waals surface area contributed by atoms with Crippen LogP contribution in [-0.4, -0.2) is 19.3 Å². The molecule has 0 aliphatic carbocycles. The molecule has 0 bridgehead atoms. The summed E-state index contributed by atoms with van der Waals surface area (Å²) in [5.74, 6) is 0.121. The highest BCUT2D eigenvalue weighted by Crippen LogP contribution is 2.19. The smallest absolute Gasteiger partial charge is 0.117 e. The molecule has 0 amide bonds. The van der Waals surface area contributed by atoms with Gasteiger partial charge in [0.2, 0.25) is 0 Å². The van der Waals surface area contributed by atoms with Crippen LogP contribution in [0, 0.1) is 5.92 Å². The van der Waals surface area contributed by atoms with Crippen molar-refractivity contribution in [2.45, 2.75) is 12.6 Å². The molecule has 1 aliphatic rings. The molecular weight excluding hydrogens is 201 g/mol. The Labute approximate surface area is 88.3 Å². The first kappa shape index (κ1) is 9.94. The zero-order chi connectivity index (χ0) is 9.97. The molecule has 1 heterocycles. The number of alkyl halides is 1. The van der Waals surface area contributed by atoms with Gasteiger partial charge in [-0.25, -0.2) is 4.39 Å². The van der Waals surface area contributed by atoms with Crippen LogP contribution in [0.25, 0.3) is 0 Å². The molecule has 0 aromatic heterocycles. The molecule has 1 aromatic carbocycles. The number of rotatable bonds is 2. The molecule has 1 fully saturated rings. The van der Waals surface area contributed by atoms with Gasteiger partial charge in [0.15, 0.2) is 0 Å². The molecule has 0 radical (unpaired) electrons. The van der Waals surface area contributed by atoms with E-state index in [9.17, 15) is 4.39 Å². The second-order valence-corrected chi connectivity index (χ2v) is 4.20. The van der Waals surface area contributed by atoms with Crippen LogP contribution in [0.3, 0.4) is 0 Å². The Bertz CT molecular complexity index is 299. The van der Waals surface area contributed by atoms with E-state index in [0.717, 1.165) is 23.6 Å². The maximum absolute atomic E-state index is 13.3. The van der Waals surface area contributed by atoms with Crippen LogP contribution in [0.4, 0.5) is 4.39 Å². The zero-order valence-electron chi connectivity index (χ0n) is 7.84. The first-order chi connectivity index (χ1) is 6.75. The quantitative estimate of drug-likeness (QED) is 0.796. The third kappa shape index (κ3) is 2.25. The molecule has 1 aliphatic heterocycles. The second kappa shape index (κ2) is 4.28. The molecule has 2 atom stereocenters. The highest BCUT2D eigenvalue weighted by Gasteiger charge is 2.26. The summed E-state index contributed by atoms with van der Waals surface area (Å²) in [6, 6.07) is 7.64. The normalized spacial score (nSPS) is 26.7. The summed E-state index contributed by atoms with van der Waals surface area (Å²) >= 11 is 5.77. The van der Waals surface area contributed by atoms with Crippen LogP contribution >= 0.6 is 11.6 Å². The number of halogens is 2. The Morgan fingerprint density at radius 3 is 2.57 bits per heavy atom. The van der Waals surface area contributed by atoms with Crippen LogP contribution in [0.1, 0.15) is 5.56 Å². The minimum Gasteiger partial charge on any atom is -0.313 e. The van der Waals surface area contributed by atoms with E-state index in [1.807, 2.05) is 24.3 Å². The van der Waals surface area contributed by atoms with Gasteiger partial charge in [0.25, 0.3) is 0 Å². The van der Waals surface area contributed by atoms with Crippen molar-refractivity contribution >= 4 is 11.6 Å². The largest absolute Gasteiger partial charge is 0.313 e. The van der Waals surface area contributed by atoms with Gasteiger partial charge in [-0.3, -0.25) is 0 Å². The van der Waals surface area contributed by atoms with Crippen LogP contribution < -0.4 is 5.32 Å². The van der Waals surface area contributed by atoms with E-state index < -0.39 is 6.17 Å². The van der Waals surface area contributed by atoms with Crippen LogP contribution in [0.15, 0.2) is 24.3 Å². The van der Waals surface area contributed by atoms with E-state index >= 15 is 0 Å². The summed E-state index contributed by atoms with van der Waals surface area (Å²) < 4.78 is 13.3. The van der Waals surface area contributed by atoms with Crippen molar-refractivity contribution in [3.05, 3.63) is 34.9 Å². The molecule has 76 valence electrons. The first-order valence-electron chi connectivity index (χ1n) is 4.85. The van der Waals surface area contributed by atoms with E-state index in [1.165, 1.54) is 0 Å². The summed E-state index contributed by atoms with van der Waals surface area (Å²) in [6.45, 7) is 1.28. The number of benzene rings is 1. The molecule has 1 saturated heterocycles. The fourth-order valence-electron chi connectivity index (χ4n) is 1.82. The van der Waals surface area contributed by atoms with E-state index in [4.69, 9.17) is 11.6 Å². The standard InChI is InChI=1S/C11H13ClFN/c12-10-3-1-8(2-4-10)5-9-6-14-7-11(9)13/h1-4,9,11,14H,5-7H2. The van der Waals surface area contributed by atoms with E-state index in [-0.39, 0.29) is 5.92 Å². The zero-order valence-corrected chi connectivity index (χ0v) is 8.60. The highest BCUT2D eigenvalue weighted by molar-refractivity contribution is 6.30. The van der Waals surface area contributed by atoms with E-state index in [1.54, 1.807) is 0 Å². The van der Waals surface area contributed by atoms with Crippen molar-refractivity contribution in [1.29, 1.82) is 0 Å². The molecule has 1 N–H and O–H groups in total. The first-order valence-corrected chi connectivity index (χ1v) is 5.23. The van der Waals surface area contributed by atoms with E-state index in [0.29, 0.717) is 6.54 Å². The summed E-state index contributed by atoms with van der Waals surface area (Å²) in [5, 5.41) is 3.78. The SMILES string of the molecule is FC1CNCC1Cc1ccc(Cl)cc1. The molecular formula is C11H13ClFN. The Balaban J connectivity index is 2.00. The van der Waals surface area contributed by atoms with Crippen molar-refractivity contribution in [2.75, 3.05) is 13.1 Å². The number of hydrogen-bond acceptors (Lipinski definition) is 1. The third-order valence-corrected chi connectivity index (χ3v) is 2.92. The Morgan fingerprint density at radius 1 is 1.29 bits per heavy atom. The summed E-state index contributed by atoms with van der Waals surface area (Å²) in [5.41, 5.74) is 1.16. The van der Waals surface area contributed by atoms with Crippen molar-refractivity contribution in [2.24, 2.45) is 5.92 Å². The summed E-state index contributed by atoms with van der Waals surface area (Å²) in [7, 11) is 0. The maximum atomic E-state index is 13.3. The van der Waals surface area contributed by atoms with Gasteiger partial charge in [-0.15, -0.1) is 0 Å². The van der Waals surface area contributed by atoms with E-state index in [2.05, 4.69) is 5.32 Å². The fraction of sp³-hybridized carbons (Fsp3) is 0.455. The van der Waals surface area contributed by atoms with Gasteiger partial charge >= 0.3 is 0 Å². The molecule has 2 unspecified atom stereocenters. The molecule has 0 spiro atoms. The number of hydrogen-bond donors (Lipinski definition) is 1. The summed E-state index contributed by atoms with van der Waals surface area (Å²) in [4.78, 5) is 0. The molecule has 1 nitrogen and oxygen atoms in total. The predicted molar refractivity (Wildman–Crippen MR) is 56.4 cm³/mol. The Kier molecular flexibility index (Phi) is 3.04. The fourth-order valence-corrected chi connectivity index (χ4v) is 1.95. The molecule has 14 heavy (non-hydrogen) atoms. The third-order valence-electron chi connectivity index (χ3n) is 2.67. The van der Waals surface area contributed by atoms with Crippen molar-refractivity contribution in [3.8, 4) is 0 Å². The maximum Gasteiger partial charge on any atom is 0.117 e. The highest BCUT2D eigenvalue weighted by atomic mass is 35.5. The van der Waals surface area contributed by atoms with Gasteiger partial charge in [0, 0.05) is 24.0 Å². The Morgan fingerprint density at radius 2 is 2.00 bits per heavy atom. The second-order valence-electron chi connectivity index (χ2n) is 3.76. The summed E-state index contributed by atoms with van der Waals surface area (Å²) in [6.07, 6.45) is 0.0939. The minimum atomic E-state index is -0.703. The number of nitrogens with one attached hydrogen (secondary N) is 1. The average molecular weight is 214 g/mol. The minimum absolute atomic E-state index is 0.121. The Hall–Kier alpha value is -0.600. The van der Waals surface area contributed by atoms with Gasteiger partial charge in [-0.05, 0) is 24.1 Å². The van der Waals surface area contributed by atoms with Crippen LogP contribution in [0.5, 0.6) is 0 Å². The lowest BCUT2D eigenvalue weighted by molar-refractivity contribution is 0.282. The topological polar surface area (TPSA) is 12.0 Å². The van der Waals surface area contributed by atoms with Crippen LogP contribution in [-0.2, 0) is 6.42 Å². The van der Waals surface area contributed by atoms with Crippen LogP contribution in [0.2, 0.25) is 5.02 Å². The van der Waals surface area contributed by atoms with Crippen molar-refractivity contribution in [3.63, 3.8) is 0 Å². The monoisotopic (exact) mass is 213 g/mol. The molecule has 1 aromatic rings. The van der Waals surface area contributed by atoms with Crippen molar-refractivity contribution < 1.29 is 4.39 Å². The van der Waals surface area contributed by atoms with Gasteiger partial charge in [0.1, 0.15) is 6.17 Å². The lowest BCUT2D eigenvalue weighted by Crippen LogP contribution is -2.15. The molecule has 0 saturated carbocycles. The van der Waals surface area contributed by atoms with Gasteiger partial charge in [-0.2, -0.15) is 0 Å². The predicted octanol–water partition coefficient (Wildman–Crippen LogP) is 2.44. The average Bonchev–Trinajstić information content (AvgIpc) is 2.56. The van der Waals surface area contributed by atoms with Crippen molar-refractivity contribution in [1.82, 2.24) is 5.32 Å². The molecule has 3 heteroatoms. The molecule has 2 rings (SSSR count). The lowest BCUT2D eigenvalue weighted by atomic mass is 9.98. The van der Waals surface area contributed by atoms with Gasteiger partial charge in [-0.1, -0.05) is 23.7 Å².